The molecule has 0 aliphatic carbocycles. The minimum atomic E-state index is -1.75. The number of quaternary nitrogens is 1. The van der Waals surface area contributed by atoms with Crippen LogP contribution in [0.1, 0.15) is 45.4 Å². The van der Waals surface area contributed by atoms with E-state index in [4.69, 9.17) is 15.3 Å². The second-order valence-electron chi connectivity index (χ2n) is 5.01. The van der Waals surface area contributed by atoms with Crippen LogP contribution in [0.15, 0.2) is 0 Å². The minimum absolute atomic E-state index is 1.12. The van der Waals surface area contributed by atoms with Gasteiger partial charge in [-0.1, -0.05) is 32.6 Å². The van der Waals surface area contributed by atoms with Crippen molar-refractivity contribution in [1.29, 1.82) is 0 Å². The van der Waals surface area contributed by atoms with Crippen LogP contribution >= 0.6 is 0 Å². The van der Waals surface area contributed by atoms with Crippen LogP contribution in [-0.2, 0) is 0 Å². The third-order valence-electron chi connectivity index (χ3n) is 2.18. The molecule has 16 heavy (non-hydrogen) atoms. The monoisotopic (exact) mass is 234 g/mol. The highest BCUT2D eigenvalue weighted by molar-refractivity contribution is 4.42. The standard InChI is InChI=1S/C11H26N.NO3/c1-5-6-7-8-9-10-11-12(2,3)4;2-1(3)4/h5-11H2,1-4H3;/q+1;-1. The highest BCUT2D eigenvalue weighted by Gasteiger charge is 2.04. The molecule has 0 aromatic carbocycles. The first-order valence-electron chi connectivity index (χ1n) is 5.91. The lowest BCUT2D eigenvalue weighted by molar-refractivity contribution is -0.870. The molecule has 0 aliphatic heterocycles. The molecule has 0 aromatic rings. The molecule has 0 N–H and O–H groups in total. The third-order valence-corrected chi connectivity index (χ3v) is 2.18. The molecule has 0 rings (SSSR count). The first-order valence-corrected chi connectivity index (χ1v) is 5.91. The molecule has 0 spiro atoms. The Morgan fingerprint density at radius 1 is 0.938 bits per heavy atom. The number of nitrogens with zero attached hydrogens (tertiary/aromatic N) is 2. The summed E-state index contributed by atoms with van der Waals surface area (Å²) in [5, 5.41) is 14.8. The van der Waals surface area contributed by atoms with Gasteiger partial charge >= 0.3 is 0 Å². The summed E-state index contributed by atoms with van der Waals surface area (Å²) in [6.07, 6.45) is 8.48. The van der Waals surface area contributed by atoms with Gasteiger partial charge in [-0.15, -0.1) is 0 Å². The predicted molar refractivity (Wildman–Crippen MR) is 66.6 cm³/mol. The Hall–Kier alpha value is -0.840. The Labute approximate surface area is 98.8 Å². The van der Waals surface area contributed by atoms with E-state index in [-0.39, 0.29) is 0 Å². The Kier molecular flexibility index (Phi) is 11.7. The molecule has 0 aliphatic rings. The number of hydrogen-bond acceptors (Lipinski definition) is 3. The third kappa shape index (κ3) is 29.2. The lowest BCUT2D eigenvalue weighted by Crippen LogP contribution is -2.35. The second-order valence-corrected chi connectivity index (χ2v) is 5.01. The van der Waals surface area contributed by atoms with Gasteiger partial charge in [0.1, 0.15) is 0 Å². The van der Waals surface area contributed by atoms with Gasteiger partial charge < -0.3 is 19.8 Å². The van der Waals surface area contributed by atoms with Gasteiger partial charge in [0, 0.05) is 0 Å². The molecule has 5 nitrogen and oxygen atoms in total. The Morgan fingerprint density at radius 2 is 1.31 bits per heavy atom. The maximum Gasteiger partial charge on any atom is 0.0780 e. The fourth-order valence-corrected chi connectivity index (χ4v) is 1.37. The van der Waals surface area contributed by atoms with E-state index in [1.807, 2.05) is 0 Å². The van der Waals surface area contributed by atoms with Crippen LogP contribution in [0.4, 0.5) is 0 Å². The topological polar surface area (TPSA) is 66.2 Å². The molecule has 0 radical (unpaired) electrons. The summed E-state index contributed by atoms with van der Waals surface area (Å²) in [4.78, 5) is 8.25. The van der Waals surface area contributed by atoms with E-state index >= 15 is 0 Å². The summed E-state index contributed by atoms with van der Waals surface area (Å²) in [6, 6.07) is 0. The van der Waals surface area contributed by atoms with E-state index in [1.54, 1.807) is 0 Å². The zero-order valence-corrected chi connectivity index (χ0v) is 11.1. The zero-order chi connectivity index (χ0) is 13.0. The van der Waals surface area contributed by atoms with Crippen molar-refractivity contribution in [3.63, 3.8) is 0 Å². The maximum atomic E-state index is 8.25. The van der Waals surface area contributed by atoms with Crippen LogP contribution in [0, 0.1) is 15.3 Å². The predicted octanol–water partition coefficient (Wildman–Crippen LogP) is 2.81. The smallest absolute Gasteiger partial charge is 0.0780 e. The van der Waals surface area contributed by atoms with Crippen molar-refractivity contribution < 1.29 is 9.57 Å². The average molecular weight is 234 g/mol. The Morgan fingerprint density at radius 3 is 1.69 bits per heavy atom. The molecule has 0 saturated carbocycles. The molecule has 0 amide bonds. The van der Waals surface area contributed by atoms with Crippen molar-refractivity contribution in [2.75, 3.05) is 27.7 Å². The molecule has 0 atom stereocenters. The van der Waals surface area contributed by atoms with Crippen molar-refractivity contribution in [1.82, 2.24) is 0 Å². The second kappa shape index (κ2) is 10.7. The van der Waals surface area contributed by atoms with Gasteiger partial charge in [0.25, 0.3) is 0 Å². The van der Waals surface area contributed by atoms with E-state index in [0.29, 0.717) is 0 Å². The van der Waals surface area contributed by atoms with Crippen molar-refractivity contribution in [3.05, 3.63) is 15.3 Å². The van der Waals surface area contributed by atoms with E-state index in [1.165, 1.54) is 45.1 Å². The first kappa shape index (κ1) is 17.6. The van der Waals surface area contributed by atoms with Crippen LogP contribution in [0.25, 0.3) is 0 Å². The highest BCUT2D eigenvalue weighted by atomic mass is 16.9. The molecule has 0 unspecified atom stereocenters. The van der Waals surface area contributed by atoms with Gasteiger partial charge in [-0.25, -0.2) is 0 Å². The average Bonchev–Trinajstić information content (AvgIpc) is 2.08. The molecule has 5 heteroatoms. The highest BCUT2D eigenvalue weighted by Crippen LogP contribution is 2.06. The summed E-state index contributed by atoms with van der Waals surface area (Å²) in [6.45, 7) is 3.60. The van der Waals surface area contributed by atoms with Gasteiger partial charge in [-0.2, -0.15) is 0 Å². The summed E-state index contributed by atoms with van der Waals surface area (Å²) in [5.41, 5.74) is 0. The van der Waals surface area contributed by atoms with Crippen molar-refractivity contribution in [2.45, 2.75) is 45.4 Å². The fraction of sp³-hybridized carbons (Fsp3) is 1.00. The van der Waals surface area contributed by atoms with Crippen LogP contribution in [0.3, 0.4) is 0 Å². The van der Waals surface area contributed by atoms with E-state index in [0.717, 1.165) is 4.48 Å². The largest absolute Gasteiger partial charge is 0.356 e. The number of rotatable bonds is 7. The normalized spacial score (nSPS) is 10.5. The molecular weight excluding hydrogens is 208 g/mol. The summed E-state index contributed by atoms with van der Waals surface area (Å²) in [7, 11) is 6.81. The molecule has 0 aromatic heterocycles. The lowest BCUT2D eigenvalue weighted by Gasteiger charge is -2.23. The summed E-state index contributed by atoms with van der Waals surface area (Å²) in [5.74, 6) is 0. The SMILES string of the molecule is CCCCCCCC[N+](C)(C)C.O=[N+]([O-])[O-]. The molecule has 98 valence electrons. The Balaban J connectivity index is 0. The van der Waals surface area contributed by atoms with Crippen LogP contribution < -0.4 is 0 Å². The molecule has 0 saturated heterocycles. The van der Waals surface area contributed by atoms with E-state index < -0.39 is 5.09 Å². The van der Waals surface area contributed by atoms with Crippen molar-refractivity contribution in [2.24, 2.45) is 0 Å². The van der Waals surface area contributed by atoms with E-state index in [2.05, 4.69) is 28.1 Å². The number of hydrogen-bond donors (Lipinski definition) is 0. The van der Waals surface area contributed by atoms with Gasteiger partial charge in [0.15, 0.2) is 0 Å². The lowest BCUT2D eigenvalue weighted by atomic mass is 10.1. The first-order chi connectivity index (χ1) is 7.29. The molecule has 0 fully saturated rings. The molecular formula is C11H26N2O3. The quantitative estimate of drug-likeness (QED) is 0.294. The Bertz CT molecular complexity index is 163. The number of unbranched alkanes of at least 4 members (excludes halogenated alkanes) is 5. The van der Waals surface area contributed by atoms with Gasteiger partial charge in [0.05, 0.1) is 32.8 Å². The van der Waals surface area contributed by atoms with E-state index in [9.17, 15) is 0 Å². The zero-order valence-electron chi connectivity index (χ0n) is 11.1. The van der Waals surface area contributed by atoms with Crippen LogP contribution in [0.2, 0.25) is 0 Å². The van der Waals surface area contributed by atoms with Crippen molar-refractivity contribution in [3.8, 4) is 0 Å². The fourth-order valence-electron chi connectivity index (χ4n) is 1.37. The molecule has 0 bridgehead atoms. The summed E-state index contributed by atoms with van der Waals surface area (Å²) < 4.78 is 1.12. The minimum Gasteiger partial charge on any atom is -0.356 e. The van der Waals surface area contributed by atoms with Gasteiger partial charge in [-0.05, 0) is 12.8 Å². The maximum absolute atomic E-state index is 8.25. The summed E-state index contributed by atoms with van der Waals surface area (Å²) >= 11 is 0. The van der Waals surface area contributed by atoms with Crippen molar-refractivity contribution >= 4 is 0 Å². The van der Waals surface area contributed by atoms with Gasteiger partial charge in [0.2, 0.25) is 0 Å². The molecule has 0 heterocycles. The van der Waals surface area contributed by atoms with Crippen LogP contribution in [-0.4, -0.2) is 37.3 Å². The van der Waals surface area contributed by atoms with Gasteiger partial charge in [-0.3, -0.25) is 0 Å². The van der Waals surface area contributed by atoms with Crippen LogP contribution in [0.5, 0.6) is 0 Å².